The van der Waals surface area contributed by atoms with E-state index in [0.29, 0.717) is 0 Å². The number of nitrogens with zero attached hydrogens (tertiary/aromatic N) is 1. The van der Waals surface area contributed by atoms with Crippen molar-refractivity contribution in [1.82, 2.24) is 10.2 Å². The Morgan fingerprint density at radius 3 is 3.08 bits per heavy atom. The lowest BCUT2D eigenvalue weighted by molar-refractivity contribution is 0.244. The van der Waals surface area contributed by atoms with Gasteiger partial charge in [0.05, 0.1) is 0 Å². The molecule has 0 spiro atoms. The lowest BCUT2D eigenvalue weighted by Crippen LogP contribution is -2.34. The normalized spacial score (nSPS) is 27.7. The number of allylic oxidation sites excluding steroid dienone is 1. The van der Waals surface area contributed by atoms with Gasteiger partial charge in [-0.3, -0.25) is 4.90 Å². The Kier molecular flexibility index (Phi) is 4.33. The Labute approximate surface area is 75.6 Å². The molecule has 1 aliphatic heterocycles. The molecule has 1 N–H and O–H groups in total. The molecule has 0 aromatic carbocycles. The van der Waals surface area contributed by atoms with Crippen molar-refractivity contribution in [2.24, 2.45) is 0 Å². The van der Waals surface area contributed by atoms with E-state index in [1.54, 1.807) is 0 Å². The maximum absolute atomic E-state index is 3.42. The van der Waals surface area contributed by atoms with Crippen molar-refractivity contribution in [3.63, 3.8) is 0 Å². The van der Waals surface area contributed by atoms with Gasteiger partial charge >= 0.3 is 0 Å². The van der Waals surface area contributed by atoms with E-state index in [1.165, 1.54) is 19.5 Å². The number of nitrogens with one attached hydrogen (secondary N) is 1. The molecular weight excluding hydrogens is 148 g/mol. The predicted molar refractivity (Wildman–Crippen MR) is 53.3 cm³/mol. The van der Waals surface area contributed by atoms with E-state index in [2.05, 4.69) is 36.2 Å². The zero-order chi connectivity index (χ0) is 8.81. The molecule has 0 radical (unpaired) electrons. The van der Waals surface area contributed by atoms with E-state index < -0.39 is 0 Å². The molecule has 0 aliphatic carbocycles. The van der Waals surface area contributed by atoms with Gasteiger partial charge in [-0.1, -0.05) is 12.2 Å². The molecular formula is C10H20N2. The summed E-state index contributed by atoms with van der Waals surface area (Å²) < 4.78 is 0. The van der Waals surface area contributed by atoms with Crippen molar-refractivity contribution >= 4 is 0 Å². The van der Waals surface area contributed by atoms with Crippen LogP contribution in [0.2, 0.25) is 0 Å². The lowest BCUT2D eigenvalue weighted by Gasteiger charge is -2.24. The summed E-state index contributed by atoms with van der Waals surface area (Å²) in [6.45, 7) is 9.01. The molecule has 12 heavy (non-hydrogen) atoms. The standard InChI is InChI=1S/C10H20N2/c1-3-4-8-12-9-7-11-6-5-10(12)2/h3-4,10-11H,5-9H2,1-2H3/b4-3+. The van der Waals surface area contributed by atoms with E-state index in [9.17, 15) is 0 Å². The van der Waals surface area contributed by atoms with Crippen LogP contribution in [-0.4, -0.2) is 37.1 Å². The Morgan fingerprint density at radius 1 is 1.50 bits per heavy atom. The molecule has 1 heterocycles. The van der Waals surface area contributed by atoms with Gasteiger partial charge in [0, 0.05) is 25.7 Å². The summed E-state index contributed by atoms with van der Waals surface area (Å²) in [5, 5.41) is 3.42. The Balaban J connectivity index is 2.36. The fourth-order valence-electron chi connectivity index (χ4n) is 1.57. The highest BCUT2D eigenvalue weighted by molar-refractivity contribution is 4.84. The van der Waals surface area contributed by atoms with Crippen LogP contribution in [0.3, 0.4) is 0 Å². The first-order valence-electron chi connectivity index (χ1n) is 4.90. The molecule has 0 aromatic heterocycles. The van der Waals surface area contributed by atoms with Gasteiger partial charge in [-0.25, -0.2) is 0 Å². The van der Waals surface area contributed by atoms with E-state index in [0.717, 1.165) is 19.1 Å². The highest BCUT2D eigenvalue weighted by atomic mass is 15.2. The van der Waals surface area contributed by atoms with Crippen molar-refractivity contribution in [3.8, 4) is 0 Å². The van der Waals surface area contributed by atoms with Crippen molar-refractivity contribution in [2.45, 2.75) is 26.3 Å². The third-order valence-corrected chi connectivity index (χ3v) is 2.51. The molecule has 1 saturated heterocycles. The third kappa shape index (κ3) is 2.95. The van der Waals surface area contributed by atoms with Crippen LogP contribution in [0.25, 0.3) is 0 Å². The van der Waals surface area contributed by atoms with Gasteiger partial charge < -0.3 is 5.32 Å². The molecule has 1 atom stereocenters. The zero-order valence-corrected chi connectivity index (χ0v) is 8.21. The van der Waals surface area contributed by atoms with Gasteiger partial charge in [0.1, 0.15) is 0 Å². The summed E-state index contributed by atoms with van der Waals surface area (Å²) >= 11 is 0. The van der Waals surface area contributed by atoms with Gasteiger partial charge in [0.25, 0.3) is 0 Å². The minimum absolute atomic E-state index is 0.733. The number of hydrogen-bond acceptors (Lipinski definition) is 2. The highest BCUT2D eigenvalue weighted by Crippen LogP contribution is 2.05. The quantitative estimate of drug-likeness (QED) is 0.624. The van der Waals surface area contributed by atoms with Gasteiger partial charge in [0.2, 0.25) is 0 Å². The first kappa shape index (κ1) is 9.75. The fraction of sp³-hybridized carbons (Fsp3) is 0.800. The molecule has 0 amide bonds. The first-order valence-corrected chi connectivity index (χ1v) is 4.90. The SMILES string of the molecule is C/C=C/CN1CCNCCC1C. The highest BCUT2D eigenvalue weighted by Gasteiger charge is 2.14. The summed E-state index contributed by atoms with van der Waals surface area (Å²) in [5.41, 5.74) is 0. The minimum Gasteiger partial charge on any atom is -0.315 e. The Hall–Kier alpha value is -0.340. The Morgan fingerprint density at radius 2 is 2.33 bits per heavy atom. The van der Waals surface area contributed by atoms with Crippen molar-refractivity contribution < 1.29 is 0 Å². The molecule has 1 fully saturated rings. The molecule has 0 bridgehead atoms. The molecule has 70 valence electrons. The maximum Gasteiger partial charge on any atom is 0.0166 e. The molecule has 1 aliphatic rings. The average Bonchev–Trinajstić information content (AvgIpc) is 2.27. The van der Waals surface area contributed by atoms with Crippen LogP contribution in [0.4, 0.5) is 0 Å². The number of rotatable bonds is 2. The third-order valence-electron chi connectivity index (χ3n) is 2.51. The van der Waals surface area contributed by atoms with E-state index in [4.69, 9.17) is 0 Å². The van der Waals surface area contributed by atoms with Crippen molar-refractivity contribution in [3.05, 3.63) is 12.2 Å². The maximum atomic E-state index is 3.42. The van der Waals surface area contributed by atoms with Crippen LogP contribution in [-0.2, 0) is 0 Å². The topological polar surface area (TPSA) is 15.3 Å². The molecule has 0 saturated carbocycles. The van der Waals surface area contributed by atoms with Crippen LogP contribution in [0.15, 0.2) is 12.2 Å². The van der Waals surface area contributed by atoms with E-state index in [-0.39, 0.29) is 0 Å². The van der Waals surface area contributed by atoms with Crippen LogP contribution < -0.4 is 5.32 Å². The van der Waals surface area contributed by atoms with Crippen LogP contribution in [0.5, 0.6) is 0 Å². The summed E-state index contributed by atoms with van der Waals surface area (Å²) in [5.74, 6) is 0. The summed E-state index contributed by atoms with van der Waals surface area (Å²) in [4.78, 5) is 2.53. The number of hydrogen-bond donors (Lipinski definition) is 1. The second-order valence-electron chi connectivity index (χ2n) is 3.45. The van der Waals surface area contributed by atoms with E-state index in [1.807, 2.05) is 0 Å². The summed E-state index contributed by atoms with van der Waals surface area (Å²) in [6.07, 6.45) is 5.64. The van der Waals surface area contributed by atoms with Gasteiger partial charge in [0.15, 0.2) is 0 Å². The van der Waals surface area contributed by atoms with Crippen LogP contribution in [0, 0.1) is 0 Å². The monoisotopic (exact) mass is 168 g/mol. The second-order valence-corrected chi connectivity index (χ2v) is 3.45. The van der Waals surface area contributed by atoms with Gasteiger partial charge in [-0.05, 0) is 26.8 Å². The minimum atomic E-state index is 0.733. The predicted octanol–water partition coefficient (Wildman–Crippen LogP) is 1.25. The van der Waals surface area contributed by atoms with Crippen molar-refractivity contribution in [1.29, 1.82) is 0 Å². The zero-order valence-electron chi connectivity index (χ0n) is 8.21. The lowest BCUT2D eigenvalue weighted by atomic mass is 10.2. The summed E-state index contributed by atoms with van der Waals surface area (Å²) in [7, 11) is 0. The Bertz CT molecular complexity index is 143. The molecule has 2 heteroatoms. The van der Waals surface area contributed by atoms with E-state index >= 15 is 0 Å². The first-order chi connectivity index (χ1) is 5.84. The average molecular weight is 168 g/mol. The second kappa shape index (κ2) is 5.33. The smallest absolute Gasteiger partial charge is 0.0166 e. The van der Waals surface area contributed by atoms with Gasteiger partial charge in [-0.15, -0.1) is 0 Å². The molecule has 1 unspecified atom stereocenters. The van der Waals surface area contributed by atoms with Crippen LogP contribution in [0.1, 0.15) is 20.3 Å². The molecule has 1 rings (SSSR count). The largest absolute Gasteiger partial charge is 0.315 e. The molecule has 2 nitrogen and oxygen atoms in total. The molecule has 0 aromatic rings. The van der Waals surface area contributed by atoms with Crippen molar-refractivity contribution in [2.75, 3.05) is 26.2 Å². The van der Waals surface area contributed by atoms with Gasteiger partial charge in [-0.2, -0.15) is 0 Å². The fourth-order valence-corrected chi connectivity index (χ4v) is 1.57. The van der Waals surface area contributed by atoms with Crippen LogP contribution >= 0.6 is 0 Å². The summed E-state index contributed by atoms with van der Waals surface area (Å²) in [6, 6.07) is 0.733.